The largest absolute Gasteiger partial charge is 0.466 e. The van der Waals surface area contributed by atoms with Crippen molar-refractivity contribution >= 4 is 12.3 Å². The van der Waals surface area contributed by atoms with E-state index in [0.29, 0.717) is 6.61 Å². The minimum atomic E-state index is -0.296. The fraction of sp³-hybridized carbons (Fsp3) is 0.818. The van der Waals surface area contributed by atoms with Gasteiger partial charge in [-0.25, -0.2) is 0 Å². The first-order valence-corrected chi connectivity index (χ1v) is 5.30. The predicted molar refractivity (Wildman–Crippen MR) is 50.6 cm³/mol. The van der Waals surface area contributed by atoms with Crippen LogP contribution in [0.1, 0.15) is 39.0 Å². The zero-order chi connectivity index (χ0) is 10.2. The lowest BCUT2D eigenvalue weighted by molar-refractivity contribution is -0.181. The maximum atomic E-state index is 11.7. The molecule has 0 heterocycles. The van der Waals surface area contributed by atoms with Crippen molar-refractivity contribution in [3.63, 3.8) is 0 Å². The molecular formula is C11H16O3. The molecule has 78 valence electrons. The molecule has 3 fully saturated rings. The number of hydrogen-bond donors (Lipinski definition) is 0. The van der Waals surface area contributed by atoms with Gasteiger partial charge in [0.05, 0.1) is 12.0 Å². The van der Waals surface area contributed by atoms with E-state index in [9.17, 15) is 9.59 Å². The summed E-state index contributed by atoms with van der Waals surface area (Å²) in [6, 6.07) is 0. The molecule has 0 radical (unpaired) electrons. The molecule has 0 unspecified atom stereocenters. The van der Waals surface area contributed by atoms with Gasteiger partial charge in [-0.3, -0.25) is 4.79 Å². The second kappa shape index (κ2) is 3.07. The third-order valence-electron chi connectivity index (χ3n) is 3.67. The quantitative estimate of drug-likeness (QED) is 0.509. The van der Waals surface area contributed by atoms with Gasteiger partial charge in [0.1, 0.15) is 6.29 Å². The van der Waals surface area contributed by atoms with Gasteiger partial charge in [0.2, 0.25) is 0 Å². The van der Waals surface area contributed by atoms with Gasteiger partial charge in [-0.1, -0.05) is 6.42 Å². The lowest BCUT2D eigenvalue weighted by Crippen LogP contribution is -2.55. The van der Waals surface area contributed by atoms with Gasteiger partial charge in [-0.05, 0) is 32.6 Å². The number of hydrogen-bond acceptors (Lipinski definition) is 3. The zero-order valence-corrected chi connectivity index (χ0v) is 8.54. The molecule has 0 aromatic rings. The fourth-order valence-corrected chi connectivity index (χ4v) is 3.10. The molecular weight excluding hydrogens is 180 g/mol. The third-order valence-corrected chi connectivity index (χ3v) is 3.67. The van der Waals surface area contributed by atoms with Crippen LogP contribution in [0.25, 0.3) is 0 Å². The Morgan fingerprint density at radius 3 is 2.71 bits per heavy atom. The molecule has 0 spiro atoms. The van der Waals surface area contributed by atoms with Gasteiger partial charge >= 0.3 is 5.97 Å². The van der Waals surface area contributed by atoms with Crippen LogP contribution < -0.4 is 0 Å². The molecule has 0 amide bonds. The Balaban J connectivity index is 2.07. The maximum absolute atomic E-state index is 11.7. The highest BCUT2D eigenvalue weighted by Gasteiger charge is 2.61. The van der Waals surface area contributed by atoms with Crippen molar-refractivity contribution in [2.24, 2.45) is 10.8 Å². The molecule has 14 heavy (non-hydrogen) atoms. The van der Waals surface area contributed by atoms with E-state index in [0.717, 1.165) is 38.4 Å². The van der Waals surface area contributed by atoms with E-state index in [1.165, 1.54) is 0 Å². The topological polar surface area (TPSA) is 43.4 Å². The normalized spacial score (nSPS) is 39.8. The highest BCUT2D eigenvalue weighted by atomic mass is 16.5. The molecule has 0 aliphatic heterocycles. The van der Waals surface area contributed by atoms with Crippen LogP contribution >= 0.6 is 0 Å². The Bertz CT molecular complexity index is 264. The fourth-order valence-electron chi connectivity index (χ4n) is 3.10. The van der Waals surface area contributed by atoms with Crippen LogP contribution in [0.2, 0.25) is 0 Å². The monoisotopic (exact) mass is 196 g/mol. The summed E-state index contributed by atoms with van der Waals surface area (Å²) in [5.41, 5.74) is -0.472. The zero-order valence-electron chi connectivity index (χ0n) is 8.54. The number of fused-ring (bicyclic) bond motifs is 2. The van der Waals surface area contributed by atoms with Gasteiger partial charge in [0, 0.05) is 5.41 Å². The summed E-state index contributed by atoms with van der Waals surface area (Å²) in [4.78, 5) is 22.6. The first-order chi connectivity index (χ1) is 6.66. The lowest BCUT2D eigenvalue weighted by Gasteiger charge is -2.56. The number of esters is 1. The molecule has 3 nitrogen and oxygen atoms in total. The van der Waals surface area contributed by atoms with Gasteiger partial charge in [-0.15, -0.1) is 0 Å². The second-order valence-corrected chi connectivity index (χ2v) is 4.69. The number of carbonyl (C=O) groups is 2. The van der Waals surface area contributed by atoms with Crippen LogP contribution in [0.4, 0.5) is 0 Å². The Morgan fingerprint density at radius 1 is 1.43 bits per heavy atom. The smallest absolute Gasteiger partial charge is 0.312 e. The number of carbonyl (C=O) groups excluding carboxylic acids is 2. The van der Waals surface area contributed by atoms with E-state index in [-0.39, 0.29) is 16.8 Å². The van der Waals surface area contributed by atoms with Crippen LogP contribution in [0, 0.1) is 10.8 Å². The minimum absolute atomic E-state index is 0.0859. The molecule has 0 saturated heterocycles. The minimum Gasteiger partial charge on any atom is -0.466 e. The van der Waals surface area contributed by atoms with Crippen molar-refractivity contribution in [1.29, 1.82) is 0 Å². The van der Waals surface area contributed by atoms with Crippen molar-refractivity contribution in [2.75, 3.05) is 6.61 Å². The van der Waals surface area contributed by atoms with Crippen molar-refractivity contribution in [3.05, 3.63) is 0 Å². The Morgan fingerprint density at radius 2 is 2.14 bits per heavy atom. The van der Waals surface area contributed by atoms with E-state index in [1.807, 2.05) is 6.92 Å². The van der Waals surface area contributed by atoms with Crippen LogP contribution in [0.15, 0.2) is 0 Å². The van der Waals surface area contributed by atoms with E-state index in [1.54, 1.807) is 0 Å². The molecule has 0 aromatic heterocycles. The molecule has 3 saturated carbocycles. The first kappa shape index (κ1) is 9.69. The SMILES string of the molecule is CCOC(=O)C12CCCC(C=O)(C1)C2. The lowest BCUT2D eigenvalue weighted by atomic mass is 9.46. The van der Waals surface area contributed by atoms with E-state index in [2.05, 4.69) is 0 Å². The average molecular weight is 196 g/mol. The Labute approximate surface area is 83.8 Å². The predicted octanol–water partition coefficient (Wildman–Crippen LogP) is 1.70. The summed E-state index contributed by atoms with van der Waals surface area (Å²) >= 11 is 0. The van der Waals surface area contributed by atoms with Gasteiger partial charge in [0.25, 0.3) is 0 Å². The molecule has 0 N–H and O–H groups in total. The van der Waals surface area contributed by atoms with Crippen LogP contribution in [0.3, 0.4) is 0 Å². The number of aldehydes is 1. The molecule has 0 aromatic carbocycles. The molecule has 3 aliphatic rings. The van der Waals surface area contributed by atoms with E-state index >= 15 is 0 Å². The summed E-state index contributed by atoms with van der Waals surface area (Å²) < 4.78 is 5.06. The summed E-state index contributed by atoms with van der Waals surface area (Å²) in [6.45, 7) is 2.26. The number of rotatable bonds is 3. The Kier molecular flexibility index (Phi) is 2.13. The van der Waals surface area contributed by atoms with Crippen molar-refractivity contribution in [2.45, 2.75) is 39.0 Å². The summed E-state index contributed by atoms with van der Waals surface area (Å²) in [7, 11) is 0. The molecule has 3 aliphatic carbocycles. The summed E-state index contributed by atoms with van der Waals surface area (Å²) in [5.74, 6) is -0.0859. The van der Waals surface area contributed by atoms with Crippen LogP contribution in [-0.2, 0) is 14.3 Å². The van der Waals surface area contributed by atoms with Gasteiger partial charge in [0.15, 0.2) is 0 Å². The number of ether oxygens (including phenoxy) is 1. The van der Waals surface area contributed by atoms with Gasteiger partial charge < -0.3 is 9.53 Å². The van der Waals surface area contributed by atoms with Crippen molar-refractivity contribution in [1.82, 2.24) is 0 Å². The molecule has 2 bridgehead atoms. The van der Waals surface area contributed by atoms with Gasteiger partial charge in [-0.2, -0.15) is 0 Å². The maximum Gasteiger partial charge on any atom is 0.312 e. The molecule has 0 atom stereocenters. The van der Waals surface area contributed by atoms with Crippen LogP contribution in [-0.4, -0.2) is 18.9 Å². The first-order valence-electron chi connectivity index (χ1n) is 5.30. The van der Waals surface area contributed by atoms with Crippen LogP contribution in [0.5, 0.6) is 0 Å². The van der Waals surface area contributed by atoms with E-state index < -0.39 is 0 Å². The van der Waals surface area contributed by atoms with Crippen molar-refractivity contribution in [3.8, 4) is 0 Å². The standard InChI is InChI=1S/C11H16O3/c1-2-14-9(13)11-5-3-4-10(6-11,7-11)8-12/h8H,2-7H2,1H3. The second-order valence-electron chi connectivity index (χ2n) is 4.69. The average Bonchev–Trinajstić information content (AvgIpc) is 2.17. The highest BCUT2D eigenvalue weighted by Crippen LogP contribution is 2.63. The van der Waals surface area contributed by atoms with E-state index in [4.69, 9.17) is 4.74 Å². The highest BCUT2D eigenvalue weighted by molar-refractivity contribution is 5.82. The molecule has 3 rings (SSSR count). The summed E-state index contributed by atoms with van der Waals surface area (Å²) in [5, 5.41) is 0. The Hall–Kier alpha value is -0.860. The summed E-state index contributed by atoms with van der Waals surface area (Å²) in [6.07, 6.45) is 5.34. The van der Waals surface area contributed by atoms with Crippen molar-refractivity contribution < 1.29 is 14.3 Å². The third kappa shape index (κ3) is 1.18. The molecule has 3 heteroatoms.